The lowest BCUT2D eigenvalue weighted by molar-refractivity contribution is 0.144. The molecule has 1 N–H and O–H groups in total. The SMILES string of the molecule is CCc1nc2c(C)cc(-c3nc4n(c3Cl)CCCC4)cc2n1Cc1ccc(-c2ccccc2OC(=O)O)cc1. The third-order valence-corrected chi connectivity index (χ3v) is 7.80. The molecule has 0 atom stereocenters. The first-order valence-electron chi connectivity index (χ1n) is 13.3. The van der Waals surface area contributed by atoms with Crippen molar-refractivity contribution in [2.24, 2.45) is 0 Å². The molecule has 5 aromatic rings. The largest absolute Gasteiger partial charge is 0.511 e. The molecule has 39 heavy (non-hydrogen) atoms. The lowest BCUT2D eigenvalue weighted by Gasteiger charge is -2.13. The smallest absolute Gasteiger partial charge is 0.449 e. The molecule has 6 rings (SSSR count). The van der Waals surface area contributed by atoms with Gasteiger partial charge in [-0.15, -0.1) is 0 Å². The third-order valence-electron chi connectivity index (χ3n) is 7.42. The zero-order valence-electron chi connectivity index (χ0n) is 21.9. The highest BCUT2D eigenvalue weighted by molar-refractivity contribution is 6.32. The molecule has 198 valence electrons. The van der Waals surface area contributed by atoms with Crippen molar-refractivity contribution in [1.82, 2.24) is 19.1 Å². The van der Waals surface area contributed by atoms with E-state index in [0.717, 1.165) is 88.4 Å². The van der Waals surface area contributed by atoms with Crippen LogP contribution in [0.4, 0.5) is 4.79 Å². The molecule has 8 heteroatoms. The zero-order chi connectivity index (χ0) is 27.1. The summed E-state index contributed by atoms with van der Waals surface area (Å²) in [5.41, 5.74) is 7.75. The van der Waals surface area contributed by atoms with E-state index >= 15 is 0 Å². The lowest BCUT2D eigenvalue weighted by atomic mass is 10.0. The number of ether oxygens (including phenoxy) is 1. The van der Waals surface area contributed by atoms with Crippen LogP contribution in [0.25, 0.3) is 33.4 Å². The quantitative estimate of drug-likeness (QED) is 0.178. The number of carboxylic acid groups (broad SMARTS) is 1. The van der Waals surface area contributed by atoms with Crippen molar-refractivity contribution in [1.29, 1.82) is 0 Å². The van der Waals surface area contributed by atoms with E-state index in [1.165, 1.54) is 0 Å². The number of hydrogen-bond acceptors (Lipinski definition) is 4. The molecule has 1 aliphatic rings. The van der Waals surface area contributed by atoms with E-state index in [1.807, 2.05) is 24.3 Å². The Bertz CT molecular complexity index is 1700. The van der Waals surface area contributed by atoms with Gasteiger partial charge in [-0.2, -0.15) is 0 Å². The van der Waals surface area contributed by atoms with Crippen LogP contribution in [0.1, 0.15) is 42.5 Å². The molecule has 0 amide bonds. The van der Waals surface area contributed by atoms with Gasteiger partial charge in [0.1, 0.15) is 28.2 Å². The Morgan fingerprint density at radius 1 is 1.05 bits per heavy atom. The molecule has 0 saturated carbocycles. The second kappa shape index (κ2) is 10.2. The van der Waals surface area contributed by atoms with Crippen molar-refractivity contribution in [2.45, 2.75) is 52.6 Å². The fraction of sp³-hybridized carbons (Fsp3) is 0.258. The van der Waals surface area contributed by atoms with E-state index in [9.17, 15) is 4.79 Å². The molecule has 0 radical (unpaired) electrons. The van der Waals surface area contributed by atoms with Crippen molar-refractivity contribution in [3.63, 3.8) is 0 Å². The Morgan fingerprint density at radius 2 is 1.85 bits per heavy atom. The number of nitrogens with zero attached hydrogens (tertiary/aromatic N) is 4. The van der Waals surface area contributed by atoms with Crippen molar-refractivity contribution in [2.75, 3.05) is 0 Å². The molecule has 3 aromatic carbocycles. The van der Waals surface area contributed by atoms with Crippen LogP contribution in [0.5, 0.6) is 5.75 Å². The predicted octanol–water partition coefficient (Wildman–Crippen LogP) is 7.53. The van der Waals surface area contributed by atoms with Gasteiger partial charge in [0.2, 0.25) is 0 Å². The lowest BCUT2D eigenvalue weighted by Crippen LogP contribution is -2.10. The highest BCUT2D eigenvalue weighted by Gasteiger charge is 2.21. The topological polar surface area (TPSA) is 82.2 Å². The summed E-state index contributed by atoms with van der Waals surface area (Å²) in [5.74, 6) is 2.40. The molecular formula is C31H29ClN4O3. The van der Waals surface area contributed by atoms with Crippen molar-refractivity contribution in [3.05, 3.63) is 88.6 Å². The number of benzene rings is 3. The minimum Gasteiger partial charge on any atom is -0.449 e. The molecule has 7 nitrogen and oxygen atoms in total. The van der Waals surface area contributed by atoms with Gasteiger partial charge in [-0.25, -0.2) is 14.8 Å². The number of para-hydroxylation sites is 1. The molecule has 3 heterocycles. The minimum absolute atomic E-state index is 0.314. The van der Waals surface area contributed by atoms with E-state index in [0.29, 0.717) is 17.4 Å². The van der Waals surface area contributed by atoms with Crippen LogP contribution < -0.4 is 4.74 Å². The van der Waals surface area contributed by atoms with E-state index < -0.39 is 6.16 Å². The zero-order valence-corrected chi connectivity index (χ0v) is 22.7. The summed E-state index contributed by atoms with van der Waals surface area (Å²) in [6.45, 7) is 5.79. The molecule has 0 fully saturated rings. The summed E-state index contributed by atoms with van der Waals surface area (Å²) < 4.78 is 9.39. The second-order valence-electron chi connectivity index (χ2n) is 9.97. The van der Waals surface area contributed by atoms with Crippen molar-refractivity contribution < 1.29 is 14.6 Å². The number of aryl methyl sites for hydroxylation is 3. The minimum atomic E-state index is -1.33. The fourth-order valence-electron chi connectivity index (χ4n) is 5.52. The first-order valence-corrected chi connectivity index (χ1v) is 13.6. The van der Waals surface area contributed by atoms with E-state index in [4.69, 9.17) is 31.4 Å². The Hall–Kier alpha value is -4.10. The number of fused-ring (bicyclic) bond motifs is 2. The van der Waals surface area contributed by atoms with Crippen molar-refractivity contribution in [3.8, 4) is 28.1 Å². The van der Waals surface area contributed by atoms with Crippen molar-refractivity contribution >= 4 is 28.8 Å². The summed E-state index contributed by atoms with van der Waals surface area (Å²) >= 11 is 6.82. The highest BCUT2D eigenvalue weighted by Crippen LogP contribution is 2.35. The molecule has 1 aliphatic heterocycles. The maximum absolute atomic E-state index is 11.1. The van der Waals surface area contributed by atoms with E-state index in [1.54, 1.807) is 12.1 Å². The van der Waals surface area contributed by atoms with Crippen LogP contribution >= 0.6 is 11.6 Å². The van der Waals surface area contributed by atoms with Gasteiger partial charge in [-0.05, 0) is 54.7 Å². The summed E-state index contributed by atoms with van der Waals surface area (Å²) in [6.07, 6.45) is 2.71. The maximum atomic E-state index is 11.1. The molecule has 0 saturated heterocycles. The number of carbonyl (C=O) groups is 1. The molecule has 0 bridgehead atoms. The van der Waals surface area contributed by atoms with Gasteiger partial charge < -0.3 is 19.0 Å². The van der Waals surface area contributed by atoms with E-state index in [2.05, 4.69) is 47.2 Å². The molecular weight excluding hydrogens is 512 g/mol. The number of rotatable bonds is 6. The number of imidazole rings is 2. The molecule has 0 unspecified atom stereocenters. The normalized spacial score (nSPS) is 13.0. The van der Waals surface area contributed by atoms with Gasteiger partial charge in [0.25, 0.3) is 0 Å². The van der Waals surface area contributed by atoms with Crippen LogP contribution in [0, 0.1) is 6.92 Å². The van der Waals surface area contributed by atoms with Crippen LogP contribution in [0.3, 0.4) is 0 Å². The summed E-state index contributed by atoms with van der Waals surface area (Å²) in [4.78, 5) is 21.0. The third kappa shape index (κ3) is 4.68. The van der Waals surface area contributed by atoms with Crippen LogP contribution in [0.15, 0.2) is 60.7 Å². The number of hydrogen-bond donors (Lipinski definition) is 1. The standard InChI is InChI=1S/C31H29ClN4O3/c1-3-26-33-28-19(2)16-22(29-30(32)35-15-7-6-10-27(35)34-29)17-24(28)36(26)18-20-11-13-21(14-12-20)23-8-4-5-9-25(23)39-31(37)38/h4-5,8-9,11-14,16-17H,3,6-7,10,15,18H2,1-2H3,(H,37,38). The van der Waals surface area contributed by atoms with Crippen LogP contribution in [-0.2, 0) is 25.9 Å². The van der Waals surface area contributed by atoms with Gasteiger partial charge in [0.15, 0.2) is 0 Å². The molecule has 0 spiro atoms. The van der Waals surface area contributed by atoms with Gasteiger partial charge in [-0.3, -0.25) is 0 Å². The maximum Gasteiger partial charge on any atom is 0.511 e. The van der Waals surface area contributed by atoms with Crippen LogP contribution in [-0.4, -0.2) is 30.4 Å². The molecule has 0 aliphatic carbocycles. The average molecular weight is 541 g/mol. The number of aromatic nitrogens is 4. The fourth-order valence-corrected chi connectivity index (χ4v) is 5.85. The van der Waals surface area contributed by atoms with Gasteiger partial charge in [0.05, 0.1) is 11.0 Å². The van der Waals surface area contributed by atoms with Crippen LogP contribution in [0.2, 0.25) is 5.15 Å². The highest BCUT2D eigenvalue weighted by atomic mass is 35.5. The molecule has 2 aromatic heterocycles. The summed E-state index contributed by atoms with van der Waals surface area (Å²) in [6, 6.07) is 19.6. The Balaban J connectivity index is 1.37. The predicted molar refractivity (Wildman–Crippen MR) is 153 cm³/mol. The first kappa shape index (κ1) is 25.2. The van der Waals surface area contributed by atoms with Gasteiger partial charge >= 0.3 is 6.16 Å². The monoisotopic (exact) mass is 540 g/mol. The Kier molecular flexibility index (Phi) is 6.61. The summed E-state index contributed by atoms with van der Waals surface area (Å²) in [7, 11) is 0. The summed E-state index contributed by atoms with van der Waals surface area (Å²) in [5, 5.41) is 9.80. The Morgan fingerprint density at radius 3 is 2.59 bits per heavy atom. The number of halogens is 1. The average Bonchev–Trinajstić information content (AvgIpc) is 3.47. The Labute approximate surface area is 231 Å². The van der Waals surface area contributed by atoms with E-state index in [-0.39, 0.29) is 0 Å². The second-order valence-corrected chi connectivity index (χ2v) is 10.3. The first-order chi connectivity index (χ1) is 18.9. The van der Waals surface area contributed by atoms with Gasteiger partial charge in [0, 0.05) is 37.1 Å². The van der Waals surface area contributed by atoms with Gasteiger partial charge in [-0.1, -0.05) is 61.0 Å².